The third kappa shape index (κ3) is 5.69. The fraction of sp³-hybridized carbons (Fsp3) is 0.286. The Morgan fingerprint density at radius 3 is 2.73 bits per heavy atom. The Morgan fingerprint density at radius 1 is 1.27 bits per heavy atom. The predicted molar refractivity (Wildman–Crippen MR) is 140 cm³/mol. The summed E-state index contributed by atoms with van der Waals surface area (Å²) >= 11 is 0. The van der Waals surface area contributed by atoms with Gasteiger partial charge in [-0.3, -0.25) is 9.69 Å². The zero-order valence-electron chi connectivity index (χ0n) is 20.7. The van der Waals surface area contributed by atoms with Gasteiger partial charge in [-0.15, -0.1) is 0 Å². The fourth-order valence-corrected chi connectivity index (χ4v) is 4.60. The highest BCUT2D eigenvalue weighted by atomic mass is 19.1. The number of nitriles is 2. The first-order valence-electron chi connectivity index (χ1n) is 12.0. The number of amides is 1. The number of amidine groups is 1. The van der Waals surface area contributed by atoms with Crippen LogP contribution in [0.25, 0.3) is 5.57 Å². The van der Waals surface area contributed by atoms with Crippen molar-refractivity contribution < 1.29 is 9.18 Å². The molecule has 1 aromatic carbocycles. The quantitative estimate of drug-likeness (QED) is 0.626. The summed E-state index contributed by atoms with van der Waals surface area (Å²) in [6, 6.07) is 10.1. The van der Waals surface area contributed by atoms with Crippen molar-refractivity contribution in [3.05, 3.63) is 89.8 Å². The Morgan fingerprint density at radius 2 is 2.05 bits per heavy atom. The lowest BCUT2D eigenvalue weighted by molar-refractivity contribution is 0.0615. The van der Waals surface area contributed by atoms with Crippen LogP contribution < -0.4 is 5.32 Å². The van der Waals surface area contributed by atoms with Crippen LogP contribution >= 0.6 is 0 Å². The van der Waals surface area contributed by atoms with Crippen molar-refractivity contribution in [3.63, 3.8) is 0 Å². The Kier molecular flexibility index (Phi) is 7.97. The van der Waals surface area contributed by atoms with E-state index in [9.17, 15) is 14.4 Å². The molecule has 2 aliphatic rings. The monoisotopic (exact) mass is 497 g/mol. The first-order chi connectivity index (χ1) is 17.9. The number of hydrogen-bond donors (Lipinski definition) is 1. The molecule has 9 heteroatoms. The highest BCUT2D eigenvalue weighted by Gasteiger charge is 2.26. The van der Waals surface area contributed by atoms with Crippen molar-refractivity contribution >= 4 is 17.3 Å². The molecular formula is C28H28FN7O. The molecule has 1 N–H and O–H groups in total. The van der Waals surface area contributed by atoms with Crippen molar-refractivity contribution in [1.82, 2.24) is 19.7 Å². The van der Waals surface area contributed by atoms with Crippen LogP contribution in [0.2, 0.25) is 0 Å². The number of aliphatic imine (C=N–C) groups is 1. The maximum Gasteiger partial charge on any atom is 0.256 e. The van der Waals surface area contributed by atoms with Crippen LogP contribution in [0.5, 0.6) is 0 Å². The maximum atomic E-state index is 14.3. The van der Waals surface area contributed by atoms with Crippen molar-refractivity contribution in [2.45, 2.75) is 19.4 Å². The third-order valence-electron chi connectivity index (χ3n) is 6.70. The molecular weight excluding hydrogens is 469 g/mol. The van der Waals surface area contributed by atoms with Gasteiger partial charge in [0, 0.05) is 56.9 Å². The summed E-state index contributed by atoms with van der Waals surface area (Å²) in [5, 5.41) is 21.4. The molecule has 1 amide bonds. The van der Waals surface area contributed by atoms with Gasteiger partial charge in [-0.2, -0.15) is 10.5 Å². The van der Waals surface area contributed by atoms with E-state index in [2.05, 4.69) is 38.6 Å². The highest BCUT2D eigenvalue weighted by Crippen LogP contribution is 2.25. The van der Waals surface area contributed by atoms with Gasteiger partial charge in [-0.1, -0.05) is 6.58 Å². The van der Waals surface area contributed by atoms with E-state index in [-0.39, 0.29) is 23.1 Å². The Balaban J connectivity index is 1.40. The summed E-state index contributed by atoms with van der Waals surface area (Å²) < 4.78 is 16.4. The standard InChI is InChI=1S/C28H28FN7O/c1-3-32-27-24(7-10-33-27)20(2)22-8-11-36(18-22)23(6-9-30)19-34-12-14-35(15-13-34)28(37)25-5-4-21(17-31)16-26(25)29/h3-5,7-8,10-11,16,18,23H,1,6,12-15,19H2,2H3,(H,32,33)/b24-20+. The van der Waals surface area contributed by atoms with Crippen LogP contribution in [0.1, 0.15) is 40.9 Å². The lowest BCUT2D eigenvalue weighted by Crippen LogP contribution is -2.50. The Hall–Kier alpha value is -4.47. The molecule has 2 aliphatic heterocycles. The van der Waals surface area contributed by atoms with Gasteiger partial charge in [0.15, 0.2) is 0 Å². The van der Waals surface area contributed by atoms with Crippen molar-refractivity contribution in [1.29, 1.82) is 10.5 Å². The van der Waals surface area contributed by atoms with Gasteiger partial charge in [0.05, 0.1) is 35.7 Å². The second kappa shape index (κ2) is 11.5. The molecule has 1 atom stereocenters. The summed E-state index contributed by atoms with van der Waals surface area (Å²) in [6.07, 6.45) is 9.70. The summed E-state index contributed by atoms with van der Waals surface area (Å²) in [5.41, 5.74) is 3.27. The molecule has 1 unspecified atom stereocenters. The zero-order valence-corrected chi connectivity index (χ0v) is 20.7. The van der Waals surface area contributed by atoms with E-state index in [4.69, 9.17) is 5.26 Å². The summed E-state index contributed by atoms with van der Waals surface area (Å²) in [6.45, 7) is 8.58. The third-order valence-corrected chi connectivity index (χ3v) is 6.70. The molecule has 37 heavy (non-hydrogen) atoms. The average molecular weight is 498 g/mol. The van der Waals surface area contributed by atoms with Gasteiger partial charge < -0.3 is 14.8 Å². The van der Waals surface area contributed by atoms with E-state index in [0.29, 0.717) is 39.1 Å². The van der Waals surface area contributed by atoms with Crippen molar-refractivity contribution in [2.75, 3.05) is 32.7 Å². The van der Waals surface area contributed by atoms with Crippen LogP contribution in [0.4, 0.5) is 4.39 Å². The topological polar surface area (TPSA) is 100 Å². The van der Waals surface area contributed by atoms with Crippen LogP contribution in [-0.4, -0.2) is 58.8 Å². The van der Waals surface area contributed by atoms with E-state index in [1.54, 1.807) is 17.3 Å². The van der Waals surface area contributed by atoms with Crippen molar-refractivity contribution in [3.8, 4) is 12.1 Å². The number of nitrogens with zero attached hydrogens (tertiary/aromatic N) is 6. The van der Waals surface area contributed by atoms with E-state index in [0.717, 1.165) is 28.6 Å². The molecule has 0 saturated carbocycles. The van der Waals surface area contributed by atoms with Gasteiger partial charge in [-0.25, -0.2) is 9.38 Å². The van der Waals surface area contributed by atoms with Gasteiger partial charge >= 0.3 is 0 Å². The van der Waals surface area contributed by atoms with Crippen LogP contribution in [0.3, 0.4) is 0 Å². The zero-order chi connectivity index (χ0) is 26.4. The molecule has 0 bridgehead atoms. The summed E-state index contributed by atoms with van der Waals surface area (Å²) in [5.74, 6) is -0.299. The number of allylic oxidation sites excluding steroid dienone is 1. The SMILES string of the molecule is C=CNC1=NC=C/C1=C(/C)c1ccn(C(CC#N)CN2CCN(C(=O)c3ccc(C#N)cc3F)CC2)c1. The van der Waals surface area contributed by atoms with E-state index < -0.39 is 5.82 Å². The molecule has 1 aromatic heterocycles. The normalized spacial score (nSPS) is 17.5. The molecule has 188 valence electrons. The van der Waals surface area contributed by atoms with Gasteiger partial charge in [0.1, 0.15) is 11.7 Å². The minimum Gasteiger partial charge on any atom is -0.348 e. The molecule has 0 radical (unpaired) electrons. The van der Waals surface area contributed by atoms with E-state index in [1.165, 1.54) is 12.1 Å². The molecule has 2 aromatic rings. The number of nitrogens with one attached hydrogen (secondary N) is 1. The number of rotatable bonds is 7. The number of benzene rings is 1. The molecule has 4 rings (SSSR count). The number of carbonyl (C=O) groups excluding carboxylic acids is 1. The largest absolute Gasteiger partial charge is 0.348 e. The van der Waals surface area contributed by atoms with Gasteiger partial charge in [0.2, 0.25) is 0 Å². The minimum atomic E-state index is -0.680. The molecule has 1 fully saturated rings. The smallest absolute Gasteiger partial charge is 0.256 e. The Bertz CT molecular complexity index is 1360. The number of carbonyl (C=O) groups is 1. The predicted octanol–water partition coefficient (Wildman–Crippen LogP) is 3.84. The van der Waals surface area contributed by atoms with E-state index >= 15 is 0 Å². The number of halogens is 1. The molecule has 0 aliphatic carbocycles. The first-order valence-corrected chi connectivity index (χ1v) is 12.0. The second-order valence-corrected chi connectivity index (χ2v) is 8.94. The molecule has 1 saturated heterocycles. The lowest BCUT2D eigenvalue weighted by atomic mass is 10.0. The average Bonchev–Trinajstić information content (AvgIpc) is 3.58. The number of hydrogen-bond acceptors (Lipinski definition) is 6. The van der Waals surface area contributed by atoms with Gasteiger partial charge in [-0.05, 0) is 54.6 Å². The number of piperazine rings is 1. The van der Waals surface area contributed by atoms with Crippen LogP contribution in [0.15, 0.2) is 72.3 Å². The minimum absolute atomic E-state index is 0.0206. The highest BCUT2D eigenvalue weighted by molar-refractivity contribution is 6.09. The lowest BCUT2D eigenvalue weighted by Gasteiger charge is -2.36. The van der Waals surface area contributed by atoms with Crippen LogP contribution in [0, 0.1) is 28.5 Å². The summed E-state index contributed by atoms with van der Waals surface area (Å²) in [7, 11) is 0. The molecule has 0 spiro atoms. The van der Waals surface area contributed by atoms with Crippen molar-refractivity contribution in [2.24, 2.45) is 4.99 Å². The summed E-state index contributed by atoms with van der Waals surface area (Å²) in [4.78, 5) is 21.0. The number of aromatic nitrogens is 1. The van der Waals surface area contributed by atoms with Gasteiger partial charge in [0.25, 0.3) is 5.91 Å². The van der Waals surface area contributed by atoms with E-state index in [1.807, 2.05) is 31.3 Å². The molecule has 8 nitrogen and oxygen atoms in total. The van der Waals surface area contributed by atoms with Crippen LogP contribution in [-0.2, 0) is 0 Å². The Labute approximate surface area is 215 Å². The fourth-order valence-electron chi connectivity index (χ4n) is 4.60. The first kappa shape index (κ1) is 25.6. The second-order valence-electron chi connectivity index (χ2n) is 8.94. The maximum absolute atomic E-state index is 14.3. The molecule has 3 heterocycles.